The lowest BCUT2D eigenvalue weighted by molar-refractivity contribution is 0.514. The van der Waals surface area contributed by atoms with E-state index in [1.165, 1.54) is 5.56 Å². The molecule has 1 aliphatic heterocycles. The lowest BCUT2D eigenvalue weighted by Crippen LogP contribution is -2.40. The molecule has 1 aromatic heterocycles. The van der Waals surface area contributed by atoms with Gasteiger partial charge < -0.3 is 4.90 Å². The van der Waals surface area contributed by atoms with E-state index in [9.17, 15) is 0 Å². The molecule has 0 saturated carbocycles. The number of fused-ring (bicyclic) bond motifs is 1. The minimum atomic E-state index is 0.104. The second-order valence-electron chi connectivity index (χ2n) is 4.89. The van der Waals surface area contributed by atoms with Gasteiger partial charge in [0.1, 0.15) is 11.9 Å². The Balaban J connectivity index is 2.42. The number of aromatic nitrogens is 1. The highest BCUT2D eigenvalue weighted by atomic mass is 15.3. The van der Waals surface area contributed by atoms with E-state index in [1.807, 2.05) is 6.07 Å². The average Bonchev–Trinajstić information content (AvgIpc) is 2.59. The van der Waals surface area contributed by atoms with Crippen LogP contribution in [0, 0.1) is 11.3 Å². The topological polar surface area (TPSA) is 39.9 Å². The Hall–Kier alpha value is -1.56. The van der Waals surface area contributed by atoms with Gasteiger partial charge in [0.2, 0.25) is 0 Å². The van der Waals surface area contributed by atoms with Gasteiger partial charge >= 0.3 is 0 Å². The summed E-state index contributed by atoms with van der Waals surface area (Å²) in [6.45, 7) is 7.55. The molecule has 2 heterocycles. The quantitative estimate of drug-likeness (QED) is 0.645. The molecule has 1 aliphatic rings. The SMILES string of the molecule is CC(C)(C)N1CCc2cc(C#N)cnc21. The van der Waals surface area contributed by atoms with Crippen LogP contribution in [0.5, 0.6) is 0 Å². The van der Waals surface area contributed by atoms with Gasteiger partial charge in [-0.3, -0.25) is 0 Å². The van der Waals surface area contributed by atoms with E-state index in [0.29, 0.717) is 5.56 Å². The first-order valence-corrected chi connectivity index (χ1v) is 5.19. The van der Waals surface area contributed by atoms with E-state index in [4.69, 9.17) is 5.26 Å². The molecular formula is C12H15N3. The zero-order valence-corrected chi connectivity index (χ0v) is 9.41. The highest BCUT2D eigenvalue weighted by molar-refractivity contribution is 5.55. The van der Waals surface area contributed by atoms with E-state index in [2.05, 4.69) is 36.7 Å². The molecule has 0 N–H and O–H groups in total. The molecule has 0 amide bonds. The Labute approximate surface area is 90.4 Å². The van der Waals surface area contributed by atoms with Gasteiger partial charge in [0.25, 0.3) is 0 Å². The van der Waals surface area contributed by atoms with E-state index >= 15 is 0 Å². The lowest BCUT2D eigenvalue weighted by Gasteiger charge is -2.33. The van der Waals surface area contributed by atoms with Gasteiger partial charge in [-0.05, 0) is 38.8 Å². The Morgan fingerprint density at radius 3 is 2.80 bits per heavy atom. The molecule has 0 spiro atoms. The molecule has 2 rings (SSSR count). The first-order valence-electron chi connectivity index (χ1n) is 5.19. The first kappa shape index (κ1) is 9.97. The highest BCUT2D eigenvalue weighted by Gasteiger charge is 2.29. The summed E-state index contributed by atoms with van der Waals surface area (Å²) >= 11 is 0. The summed E-state index contributed by atoms with van der Waals surface area (Å²) in [6, 6.07) is 4.08. The fourth-order valence-corrected chi connectivity index (χ4v) is 1.98. The number of nitrogens with zero attached hydrogens (tertiary/aromatic N) is 3. The zero-order chi connectivity index (χ0) is 11.1. The molecular weight excluding hydrogens is 186 g/mol. The van der Waals surface area contributed by atoms with Crippen molar-refractivity contribution in [1.82, 2.24) is 4.98 Å². The number of rotatable bonds is 0. The van der Waals surface area contributed by atoms with Gasteiger partial charge in [-0.2, -0.15) is 5.26 Å². The Morgan fingerprint density at radius 2 is 2.20 bits per heavy atom. The second kappa shape index (κ2) is 3.23. The molecule has 0 unspecified atom stereocenters. The minimum absolute atomic E-state index is 0.104. The first-order chi connectivity index (χ1) is 7.02. The van der Waals surface area contributed by atoms with Crippen molar-refractivity contribution in [1.29, 1.82) is 5.26 Å². The third kappa shape index (κ3) is 1.68. The molecule has 78 valence electrons. The predicted molar refractivity (Wildman–Crippen MR) is 59.8 cm³/mol. The summed E-state index contributed by atoms with van der Waals surface area (Å²) in [5.41, 5.74) is 1.96. The van der Waals surface area contributed by atoms with Crippen LogP contribution in [0.2, 0.25) is 0 Å². The molecule has 0 aromatic carbocycles. The maximum atomic E-state index is 8.79. The van der Waals surface area contributed by atoms with Gasteiger partial charge in [0.15, 0.2) is 0 Å². The van der Waals surface area contributed by atoms with Crippen molar-refractivity contribution in [3.8, 4) is 6.07 Å². The van der Waals surface area contributed by atoms with Crippen LogP contribution in [-0.2, 0) is 6.42 Å². The Kier molecular flexibility index (Phi) is 2.15. The molecule has 3 nitrogen and oxygen atoms in total. The van der Waals surface area contributed by atoms with Crippen LogP contribution in [0.15, 0.2) is 12.3 Å². The van der Waals surface area contributed by atoms with Crippen molar-refractivity contribution in [2.45, 2.75) is 32.7 Å². The summed E-state index contributed by atoms with van der Waals surface area (Å²) in [6.07, 6.45) is 2.65. The molecule has 0 atom stereocenters. The van der Waals surface area contributed by atoms with Crippen molar-refractivity contribution in [3.63, 3.8) is 0 Å². The van der Waals surface area contributed by atoms with E-state index in [-0.39, 0.29) is 5.54 Å². The van der Waals surface area contributed by atoms with Gasteiger partial charge in [0, 0.05) is 18.3 Å². The molecule has 1 aromatic rings. The van der Waals surface area contributed by atoms with Crippen molar-refractivity contribution >= 4 is 5.82 Å². The number of nitriles is 1. The predicted octanol–water partition coefficient (Wildman–Crippen LogP) is 2.11. The number of hydrogen-bond acceptors (Lipinski definition) is 3. The van der Waals surface area contributed by atoms with Crippen LogP contribution >= 0.6 is 0 Å². The number of anilines is 1. The highest BCUT2D eigenvalue weighted by Crippen LogP contribution is 2.31. The average molecular weight is 201 g/mol. The maximum Gasteiger partial charge on any atom is 0.132 e. The third-order valence-electron chi connectivity index (χ3n) is 2.74. The summed E-state index contributed by atoms with van der Waals surface area (Å²) in [7, 11) is 0. The second-order valence-corrected chi connectivity index (χ2v) is 4.89. The van der Waals surface area contributed by atoms with E-state index < -0.39 is 0 Å². The summed E-state index contributed by atoms with van der Waals surface area (Å²) in [4.78, 5) is 6.68. The standard InChI is InChI=1S/C12H15N3/c1-12(2,3)15-5-4-10-6-9(7-13)8-14-11(10)15/h6,8H,4-5H2,1-3H3. The Bertz CT molecular complexity index is 423. The fourth-order valence-electron chi connectivity index (χ4n) is 1.98. The molecule has 3 heteroatoms. The van der Waals surface area contributed by atoms with Crippen LogP contribution in [0.25, 0.3) is 0 Å². The van der Waals surface area contributed by atoms with Crippen molar-refractivity contribution in [3.05, 3.63) is 23.4 Å². The molecule has 15 heavy (non-hydrogen) atoms. The minimum Gasteiger partial charge on any atom is -0.351 e. The largest absolute Gasteiger partial charge is 0.351 e. The maximum absolute atomic E-state index is 8.79. The summed E-state index contributed by atoms with van der Waals surface area (Å²) in [5.74, 6) is 1.04. The van der Waals surface area contributed by atoms with Crippen LogP contribution in [0.1, 0.15) is 31.9 Å². The Morgan fingerprint density at radius 1 is 1.47 bits per heavy atom. The molecule has 0 radical (unpaired) electrons. The van der Waals surface area contributed by atoms with Gasteiger partial charge in [-0.25, -0.2) is 4.98 Å². The van der Waals surface area contributed by atoms with Gasteiger partial charge in [-0.15, -0.1) is 0 Å². The fraction of sp³-hybridized carbons (Fsp3) is 0.500. The summed E-state index contributed by atoms with van der Waals surface area (Å²) in [5, 5.41) is 8.79. The van der Waals surface area contributed by atoms with Crippen molar-refractivity contribution in [2.75, 3.05) is 11.4 Å². The van der Waals surface area contributed by atoms with Crippen LogP contribution in [0.3, 0.4) is 0 Å². The zero-order valence-electron chi connectivity index (χ0n) is 9.41. The van der Waals surface area contributed by atoms with E-state index in [1.54, 1.807) is 6.20 Å². The van der Waals surface area contributed by atoms with Crippen LogP contribution in [0.4, 0.5) is 5.82 Å². The lowest BCUT2D eigenvalue weighted by atomic mass is 10.1. The van der Waals surface area contributed by atoms with Crippen LogP contribution < -0.4 is 4.90 Å². The van der Waals surface area contributed by atoms with Crippen molar-refractivity contribution < 1.29 is 0 Å². The molecule has 0 saturated heterocycles. The van der Waals surface area contributed by atoms with Gasteiger partial charge in [-0.1, -0.05) is 0 Å². The third-order valence-corrected chi connectivity index (χ3v) is 2.74. The molecule has 0 aliphatic carbocycles. The van der Waals surface area contributed by atoms with E-state index in [0.717, 1.165) is 18.8 Å². The smallest absolute Gasteiger partial charge is 0.132 e. The number of hydrogen-bond donors (Lipinski definition) is 0. The normalized spacial score (nSPS) is 14.9. The van der Waals surface area contributed by atoms with Crippen LogP contribution in [-0.4, -0.2) is 17.1 Å². The summed E-state index contributed by atoms with van der Waals surface area (Å²) < 4.78 is 0. The number of pyridine rings is 1. The van der Waals surface area contributed by atoms with Crippen molar-refractivity contribution in [2.24, 2.45) is 0 Å². The monoisotopic (exact) mass is 201 g/mol. The van der Waals surface area contributed by atoms with Gasteiger partial charge in [0.05, 0.1) is 5.56 Å². The molecule has 0 fully saturated rings. The molecule has 0 bridgehead atoms.